The molecule has 1 unspecified atom stereocenters. The number of nitrogens with zero attached hydrogens (tertiary/aromatic N) is 4. The van der Waals surface area contributed by atoms with E-state index in [0.29, 0.717) is 19.3 Å². The van der Waals surface area contributed by atoms with Gasteiger partial charge in [-0.2, -0.15) is 20.4 Å². The number of amides is 1. The lowest BCUT2D eigenvalue weighted by Crippen LogP contribution is -2.34. The maximum absolute atomic E-state index is 13.9. The van der Waals surface area contributed by atoms with Crippen LogP contribution in [-0.2, 0) is 24.2 Å². The third-order valence-corrected chi connectivity index (χ3v) is 4.53. The van der Waals surface area contributed by atoms with Crippen LogP contribution in [0.5, 0.6) is 0 Å². The van der Waals surface area contributed by atoms with E-state index in [1.807, 2.05) is 0 Å². The molecule has 134 valence electrons. The van der Waals surface area contributed by atoms with Crippen molar-refractivity contribution in [2.75, 3.05) is 0 Å². The standard InChI is InChI=1S/C16H14ClFN6O2/c17-9-2-3-10(11(18)6-9)16-20-14(23-26-16)7-19-15(25)8-1-4-12-13(5-8)22-24-21-12/h2-3,6,8H,1,4-5,7H2,(H,19,25)(H,21,22,24). The molecule has 1 atom stereocenters. The summed E-state index contributed by atoms with van der Waals surface area (Å²) in [4.78, 5) is 16.5. The molecule has 10 heteroatoms. The summed E-state index contributed by atoms with van der Waals surface area (Å²) in [5.74, 6) is -0.535. The van der Waals surface area contributed by atoms with Gasteiger partial charge in [-0.15, -0.1) is 0 Å². The predicted molar refractivity (Wildman–Crippen MR) is 88.4 cm³/mol. The zero-order chi connectivity index (χ0) is 18.1. The SMILES string of the molecule is O=C(NCc1noc(-c2ccc(Cl)cc2F)n1)C1CCc2n[nH]nc2C1. The van der Waals surface area contributed by atoms with Crippen molar-refractivity contribution in [2.45, 2.75) is 25.8 Å². The van der Waals surface area contributed by atoms with Crippen LogP contribution in [0, 0.1) is 11.7 Å². The Labute approximate surface area is 152 Å². The Bertz CT molecular complexity index is 956. The number of hydrogen-bond donors (Lipinski definition) is 2. The molecule has 1 aromatic carbocycles. The van der Waals surface area contributed by atoms with Crippen LogP contribution in [0.4, 0.5) is 4.39 Å². The summed E-state index contributed by atoms with van der Waals surface area (Å²) in [7, 11) is 0. The lowest BCUT2D eigenvalue weighted by atomic mass is 9.89. The van der Waals surface area contributed by atoms with Gasteiger partial charge in [-0.05, 0) is 31.0 Å². The molecule has 0 aliphatic heterocycles. The largest absolute Gasteiger partial charge is 0.348 e. The van der Waals surface area contributed by atoms with Gasteiger partial charge >= 0.3 is 0 Å². The summed E-state index contributed by atoms with van der Waals surface area (Å²) in [6, 6.07) is 4.17. The topological polar surface area (TPSA) is 110 Å². The Morgan fingerprint density at radius 3 is 3.08 bits per heavy atom. The molecule has 4 rings (SSSR count). The van der Waals surface area contributed by atoms with Crippen molar-refractivity contribution in [1.82, 2.24) is 30.9 Å². The van der Waals surface area contributed by atoms with Crippen LogP contribution in [0.1, 0.15) is 23.6 Å². The second kappa shape index (κ2) is 6.83. The first-order chi connectivity index (χ1) is 12.6. The van der Waals surface area contributed by atoms with E-state index in [4.69, 9.17) is 16.1 Å². The molecule has 1 aliphatic carbocycles. The number of halogens is 2. The molecule has 2 N–H and O–H groups in total. The average molecular weight is 377 g/mol. The number of carbonyl (C=O) groups is 1. The summed E-state index contributed by atoms with van der Waals surface area (Å²) >= 11 is 5.73. The van der Waals surface area contributed by atoms with Crippen molar-refractivity contribution in [3.8, 4) is 11.5 Å². The first-order valence-corrected chi connectivity index (χ1v) is 8.42. The summed E-state index contributed by atoms with van der Waals surface area (Å²) in [5.41, 5.74) is 1.91. The molecular weight excluding hydrogens is 363 g/mol. The third kappa shape index (κ3) is 3.30. The van der Waals surface area contributed by atoms with Gasteiger partial charge in [0.1, 0.15) is 5.82 Å². The van der Waals surface area contributed by atoms with E-state index in [0.717, 1.165) is 11.4 Å². The number of hydrogen-bond acceptors (Lipinski definition) is 6. The van der Waals surface area contributed by atoms with Gasteiger partial charge in [0.05, 0.1) is 23.5 Å². The fourth-order valence-electron chi connectivity index (χ4n) is 2.92. The first-order valence-electron chi connectivity index (χ1n) is 8.04. The molecule has 8 nitrogen and oxygen atoms in total. The van der Waals surface area contributed by atoms with E-state index in [9.17, 15) is 9.18 Å². The number of benzene rings is 1. The highest BCUT2D eigenvalue weighted by Crippen LogP contribution is 2.24. The van der Waals surface area contributed by atoms with Gasteiger partial charge in [0.15, 0.2) is 5.82 Å². The van der Waals surface area contributed by atoms with E-state index in [-0.39, 0.29) is 40.7 Å². The number of carbonyl (C=O) groups excluding carboxylic acids is 1. The van der Waals surface area contributed by atoms with Crippen LogP contribution < -0.4 is 5.32 Å². The van der Waals surface area contributed by atoms with Gasteiger partial charge in [-0.1, -0.05) is 16.8 Å². The molecule has 1 aliphatic rings. The lowest BCUT2D eigenvalue weighted by molar-refractivity contribution is -0.125. The minimum absolute atomic E-state index is 0.0355. The maximum atomic E-state index is 13.9. The van der Waals surface area contributed by atoms with E-state index in [1.165, 1.54) is 18.2 Å². The maximum Gasteiger partial charge on any atom is 0.260 e. The van der Waals surface area contributed by atoms with Crippen LogP contribution in [0.3, 0.4) is 0 Å². The Morgan fingerprint density at radius 2 is 2.23 bits per heavy atom. The molecule has 26 heavy (non-hydrogen) atoms. The third-order valence-electron chi connectivity index (χ3n) is 4.29. The number of nitrogens with one attached hydrogen (secondary N) is 2. The molecule has 1 amide bonds. The number of aromatic amines is 1. The lowest BCUT2D eigenvalue weighted by Gasteiger charge is -2.19. The van der Waals surface area contributed by atoms with E-state index in [2.05, 4.69) is 30.9 Å². The number of fused-ring (bicyclic) bond motifs is 1. The van der Waals surface area contributed by atoms with Crippen LogP contribution in [0.2, 0.25) is 5.02 Å². The highest BCUT2D eigenvalue weighted by atomic mass is 35.5. The van der Waals surface area contributed by atoms with Crippen LogP contribution in [0.15, 0.2) is 22.7 Å². The second-order valence-corrected chi connectivity index (χ2v) is 6.45. The average Bonchev–Trinajstić information content (AvgIpc) is 3.28. The molecule has 0 radical (unpaired) electrons. The van der Waals surface area contributed by atoms with Crippen molar-refractivity contribution < 1.29 is 13.7 Å². The fourth-order valence-corrected chi connectivity index (χ4v) is 3.08. The van der Waals surface area contributed by atoms with Crippen molar-refractivity contribution in [1.29, 1.82) is 0 Å². The summed E-state index contributed by atoms with van der Waals surface area (Å²) < 4.78 is 19.0. The predicted octanol–water partition coefficient (Wildman–Crippen LogP) is 2.07. The Kier molecular flexibility index (Phi) is 4.37. The quantitative estimate of drug-likeness (QED) is 0.721. The van der Waals surface area contributed by atoms with Gasteiger partial charge < -0.3 is 9.84 Å². The van der Waals surface area contributed by atoms with Crippen LogP contribution >= 0.6 is 11.6 Å². The van der Waals surface area contributed by atoms with Crippen molar-refractivity contribution in [3.05, 3.63) is 46.3 Å². The highest BCUT2D eigenvalue weighted by molar-refractivity contribution is 6.30. The smallest absolute Gasteiger partial charge is 0.260 e. The second-order valence-electron chi connectivity index (χ2n) is 6.01. The number of rotatable bonds is 4. The molecule has 0 fully saturated rings. The zero-order valence-corrected chi connectivity index (χ0v) is 14.3. The summed E-state index contributed by atoms with van der Waals surface area (Å²) in [5, 5.41) is 17.5. The molecule has 3 aromatic rings. The number of aromatic nitrogens is 5. The molecule has 0 saturated carbocycles. The Morgan fingerprint density at radius 1 is 1.38 bits per heavy atom. The molecule has 2 heterocycles. The number of aryl methyl sites for hydroxylation is 1. The molecule has 0 spiro atoms. The van der Waals surface area contributed by atoms with Crippen LogP contribution in [0.25, 0.3) is 11.5 Å². The minimum atomic E-state index is -0.553. The molecule has 2 aromatic heterocycles. The normalized spacial score (nSPS) is 16.3. The zero-order valence-electron chi connectivity index (χ0n) is 13.5. The summed E-state index contributed by atoms with van der Waals surface area (Å²) in [6.45, 7) is 0.0969. The van der Waals surface area contributed by atoms with Gasteiger partial charge in [0.25, 0.3) is 5.89 Å². The van der Waals surface area contributed by atoms with Crippen molar-refractivity contribution >= 4 is 17.5 Å². The van der Waals surface area contributed by atoms with Crippen LogP contribution in [-0.4, -0.2) is 31.5 Å². The summed E-state index contributed by atoms with van der Waals surface area (Å²) in [6.07, 6.45) is 1.97. The monoisotopic (exact) mass is 376 g/mol. The van der Waals surface area contributed by atoms with E-state index < -0.39 is 5.82 Å². The number of H-pyrrole nitrogens is 1. The van der Waals surface area contributed by atoms with Gasteiger partial charge in [0.2, 0.25) is 5.91 Å². The van der Waals surface area contributed by atoms with Gasteiger partial charge in [0, 0.05) is 17.4 Å². The minimum Gasteiger partial charge on any atom is -0.348 e. The molecule has 0 saturated heterocycles. The molecular formula is C16H14ClFN6O2. The Hall–Kier alpha value is -2.81. The fraction of sp³-hybridized carbons (Fsp3) is 0.312. The van der Waals surface area contributed by atoms with E-state index >= 15 is 0 Å². The van der Waals surface area contributed by atoms with Crippen molar-refractivity contribution in [3.63, 3.8) is 0 Å². The molecule has 0 bridgehead atoms. The van der Waals surface area contributed by atoms with Gasteiger partial charge in [-0.3, -0.25) is 4.79 Å². The Balaban J connectivity index is 1.38. The van der Waals surface area contributed by atoms with Gasteiger partial charge in [-0.25, -0.2) is 4.39 Å². The van der Waals surface area contributed by atoms with E-state index in [1.54, 1.807) is 0 Å². The van der Waals surface area contributed by atoms with Crippen molar-refractivity contribution in [2.24, 2.45) is 5.92 Å². The first kappa shape index (κ1) is 16.6. The highest BCUT2D eigenvalue weighted by Gasteiger charge is 2.27.